The lowest BCUT2D eigenvalue weighted by Crippen LogP contribution is -2.40. The van der Waals surface area contributed by atoms with Crippen LogP contribution in [0.2, 0.25) is 0 Å². The molecule has 154 valence electrons. The molecule has 1 aliphatic rings. The van der Waals surface area contributed by atoms with Crippen molar-refractivity contribution in [1.82, 2.24) is 19.8 Å². The molecule has 0 saturated carbocycles. The van der Waals surface area contributed by atoms with Gasteiger partial charge in [-0.15, -0.1) is 10.2 Å². The van der Waals surface area contributed by atoms with Gasteiger partial charge in [0, 0.05) is 32.3 Å². The van der Waals surface area contributed by atoms with Crippen LogP contribution in [0.5, 0.6) is 0 Å². The van der Waals surface area contributed by atoms with Gasteiger partial charge in [0.25, 0.3) is 0 Å². The number of thioether (sulfide) groups is 1. The molecule has 8 nitrogen and oxygen atoms in total. The maximum atomic E-state index is 12.0. The highest BCUT2D eigenvalue weighted by molar-refractivity contribution is 7.99. The number of carbonyl (C=O) groups excluding carboxylic acids is 1. The van der Waals surface area contributed by atoms with Crippen molar-refractivity contribution < 1.29 is 14.0 Å². The molecule has 28 heavy (non-hydrogen) atoms. The van der Waals surface area contributed by atoms with E-state index in [0.29, 0.717) is 30.6 Å². The molecule has 2 atom stereocenters. The van der Waals surface area contributed by atoms with Crippen molar-refractivity contribution in [3.63, 3.8) is 0 Å². The van der Waals surface area contributed by atoms with Crippen LogP contribution in [0.15, 0.2) is 28.0 Å². The molecule has 0 aromatic carbocycles. The maximum absolute atomic E-state index is 12.0. The van der Waals surface area contributed by atoms with E-state index in [2.05, 4.69) is 33.5 Å². The van der Waals surface area contributed by atoms with Crippen molar-refractivity contribution >= 4 is 23.6 Å². The summed E-state index contributed by atoms with van der Waals surface area (Å²) in [7, 11) is 3.10. The van der Waals surface area contributed by atoms with Crippen molar-refractivity contribution in [3.8, 4) is 0 Å². The average Bonchev–Trinajstić information content (AvgIpc) is 3.31. The summed E-state index contributed by atoms with van der Waals surface area (Å²) in [5, 5.41) is 11.0. The molecule has 2 aromatic rings. The smallest absolute Gasteiger partial charge is 0.246 e. The molecule has 1 amide bonds. The minimum atomic E-state index is -0.0639. The third kappa shape index (κ3) is 5.08. The van der Waals surface area contributed by atoms with Crippen LogP contribution in [-0.4, -0.2) is 58.7 Å². The Morgan fingerprint density at radius 1 is 1.36 bits per heavy atom. The number of furan rings is 1. The summed E-state index contributed by atoms with van der Waals surface area (Å²) in [6.45, 7) is 7.08. The van der Waals surface area contributed by atoms with Gasteiger partial charge in [-0.25, -0.2) is 5.06 Å². The minimum Gasteiger partial charge on any atom is -0.467 e. The first-order chi connectivity index (χ1) is 13.5. The summed E-state index contributed by atoms with van der Waals surface area (Å²) >= 11 is 1.53. The highest BCUT2D eigenvalue weighted by Crippen LogP contribution is 2.29. The number of aromatic nitrogens is 3. The topological polar surface area (TPSA) is 76.6 Å². The second-order valence-electron chi connectivity index (χ2n) is 7.47. The average molecular weight is 408 g/mol. The molecule has 1 saturated heterocycles. The van der Waals surface area contributed by atoms with Gasteiger partial charge >= 0.3 is 0 Å². The lowest BCUT2D eigenvalue weighted by atomic mass is 9.92. The van der Waals surface area contributed by atoms with E-state index >= 15 is 0 Å². The molecular weight excluding hydrogens is 378 g/mol. The van der Waals surface area contributed by atoms with E-state index in [4.69, 9.17) is 9.25 Å². The highest BCUT2D eigenvalue weighted by Gasteiger charge is 2.27. The Bertz CT molecular complexity index is 754. The molecule has 2 aromatic heterocycles. The van der Waals surface area contributed by atoms with Crippen molar-refractivity contribution in [2.45, 2.75) is 38.4 Å². The molecule has 0 bridgehead atoms. The number of hydrogen-bond donors (Lipinski definition) is 0. The van der Waals surface area contributed by atoms with Crippen LogP contribution in [0.25, 0.3) is 0 Å². The highest BCUT2D eigenvalue weighted by atomic mass is 32.2. The third-order valence-electron chi connectivity index (χ3n) is 4.92. The third-order valence-corrected chi connectivity index (χ3v) is 5.88. The fourth-order valence-electron chi connectivity index (χ4n) is 3.63. The zero-order valence-electron chi connectivity index (χ0n) is 17.0. The SMILES string of the molecule is CON(C)C(=O)CCSc1nnc(N2C[C@H](C)C[C@@H](C)C2)n1Cc1ccco1. The Hall–Kier alpha value is -2.00. The van der Waals surface area contributed by atoms with E-state index in [-0.39, 0.29) is 5.91 Å². The number of nitrogens with zero attached hydrogens (tertiary/aromatic N) is 5. The Morgan fingerprint density at radius 3 is 2.75 bits per heavy atom. The molecule has 3 rings (SSSR count). The van der Waals surface area contributed by atoms with E-state index in [9.17, 15) is 4.79 Å². The molecular formula is C19H29N5O3S. The number of carbonyl (C=O) groups is 1. The first-order valence-corrected chi connectivity index (χ1v) is 10.6. The fourth-order valence-corrected chi connectivity index (χ4v) is 4.49. The maximum Gasteiger partial charge on any atom is 0.246 e. The Kier molecular flexibility index (Phi) is 7.01. The predicted octanol–water partition coefficient (Wildman–Crippen LogP) is 2.90. The monoisotopic (exact) mass is 407 g/mol. The number of hydrogen-bond acceptors (Lipinski definition) is 7. The van der Waals surface area contributed by atoms with Crippen molar-refractivity contribution in [2.75, 3.05) is 37.9 Å². The molecule has 3 heterocycles. The summed E-state index contributed by atoms with van der Waals surface area (Å²) in [5.74, 6) is 3.52. The van der Waals surface area contributed by atoms with Gasteiger partial charge in [-0.2, -0.15) is 0 Å². The van der Waals surface area contributed by atoms with Crippen LogP contribution in [0.4, 0.5) is 5.95 Å². The van der Waals surface area contributed by atoms with Gasteiger partial charge in [-0.1, -0.05) is 25.6 Å². The Labute approximate surface area is 170 Å². The largest absolute Gasteiger partial charge is 0.467 e. The molecule has 0 radical (unpaired) electrons. The number of piperidine rings is 1. The fraction of sp³-hybridized carbons (Fsp3) is 0.632. The Balaban J connectivity index is 1.76. The van der Waals surface area contributed by atoms with Crippen LogP contribution in [0, 0.1) is 11.8 Å². The zero-order valence-corrected chi connectivity index (χ0v) is 17.8. The second kappa shape index (κ2) is 9.47. The van der Waals surface area contributed by atoms with Gasteiger partial charge in [0.1, 0.15) is 5.76 Å². The quantitative estimate of drug-likeness (QED) is 0.492. The van der Waals surface area contributed by atoms with Crippen molar-refractivity contribution in [2.24, 2.45) is 11.8 Å². The number of rotatable bonds is 8. The normalized spacial score (nSPS) is 19.8. The van der Waals surface area contributed by atoms with E-state index < -0.39 is 0 Å². The van der Waals surface area contributed by atoms with Crippen LogP contribution < -0.4 is 4.90 Å². The Morgan fingerprint density at radius 2 is 2.11 bits per heavy atom. The van der Waals surface area contributed by atoms with E-state index in [1.165, 1.54) is 30.4 Å². The molecule has 1 aliphatic heterocycles. The van der Waals surface area contributed by atoms with Crippen LogP contribution >= 0.6 is 11.8 Å². The number of amides is 1. The molecule has 0 unspecified atom stereocenters. The van der Waals surface area contributed by atoms with Crippen LogP contribution in [0.3, 0.4) is 0 Å². The van der Waals surface area contributed by atoms with Crippen molar-refractivity contribution in [1.29, 1.82) is 0 Å². The minimum absolute atomic E-state index is 0.0639. The van der Waals surface area contributed by atoms with Gasteiger partial charge in [-0.3, -0.25) is 14.2 Å². The van der Waals surface area contributed by atoms with E-state index in [1.54, 1.807) is 13.3 Å². The van der Waals surface area contributed by atoms with Gasteiger partial charge in [-0.05, 0) is 30.4 Å². The van der Waals surface area contributed by atoms with Gasteiger partial charge in [0.15, 0.2) is 5.16 Å². The van der Waals surface area contributed by atoms with Crippen LogP contribution in [0.1, 0.15) is 32.4 Å². The predicted molar refractivity (Wildman–Crippen MR) is 108 cm³/mol. The molecule has 0 spiro atoms. The van der Waals surface area contributed by atoms with E-state index in [1.807, 2.05) is 12.1 Å². The summed E-state index contributed by atoms with van der Waals surface area (Å²) in [6, 6.07) is 3.84. The second-order valence-corrected chi connectivity index (χ2v) is 8.53. The zero-order chi connectivity index (χ0) is 20.1. The lowest BCUT2D eigenvalue weighted by Gasteiger charge is -2.35. The summed E-state index contributed by atoms with van der Waals surface area (Å²) in [5.41, 5.74) is 0. The van der Waals surface area contributed by atoms with Gasteiger partial charge < -0.3 is 9.32 Å². The van der Waals surface area contributed by atoms with Crippen molar-refractivity contribution in [3.05, 3.63) is 24.2 Å². The molecule has 9 heteroatoms. The molecule has 0 N–H and O–H groups in total. The summed E-state index contributed by atoms with van der Waals surface area (Å²) < 4.78 is 7.65. The first-order valence-electron chi connectivity index (χ1n) is 9.62. The first kappa shape index (κ1) is 20.7. The van der Waals surface area contributed by atoms with Gasteiger partial charge in [0.2, 0.25) is 11.9 Å². The number of anilines is 1. The van der Waals surface area contributed by atoms with Gasteiger partial charge in [0.05, 0.1) is 19.9 Å². The summed E-state index contributed by atoms with van der Waals surface area (Å²) in [4.78, 5) is 19.2. The van der Waals surface area contributed by atoms with E-state index in [0.717, 1.165) is 30.0 Å². The van der Waals surface area contributed by atoms with Crippen LogP contribution in [-0.2, 0) is 16.2 Å². The lowest BCUT2D eigenvalue weighted by molar-refractivity contribution is -0.168. The molecule has 1 fully saturated rings. The molecule has 0 aliphatic carbocycles. The summed E-state index contributed by atoms with van der Waals surface area (Å²) in [6.07, 6.45) is 3.28. The number of hydroxylamine groups is 2. The standard InChI is InChI=1S/C19H29N5O3S/c1-14-10-15(2)12-23(11-14)18-20-21-19(24(18)13-16-6-5-8-27-16)28-9-7-17(25)22(3)26-4/h5-6,8,14-15H,7,9-13H2,1-4H3/t14-,15-/m1/s1.